The van der Waals surface area contributed by atoms with E-state index in [1.54, 1.807) is 19.1 Å². The SMILES string of the molecule is Cc1ccc(NCCC(O)c2ccc(F)c(C)c2)cc1. The summed E-state index contributed by atoms with van der Waals surface area (Å²) >= 11 is 0. The second kappa shape index (κ2) is 6.53. The van der Waals surface area contributed by atoms with Crippen LogP contribution in [0.15, 0.2) is 42.5 Å². The molecule has 0 aromatic heterocycles. The normalized spacial score (nSPS) is 12.2. The minimum Gasteiger partial charge on any atom is -0.388 e. The summed E-state index contributed by atoms with van der Waals surface area (Å²) in [5.41, 5.74) is 3.58. The van der Waals surface area contributed by atoms with Gasteiger partial charge in [-0.1, -0.05) is 29.8 Å². The molecule has 0 aliphatic heterocycles. The van der Waals surface area contributed by atoms with Gasteiger partial charge in [-0.2, -0.15) is 0 Å². The molecule has 0 saturated heterocycles. The number of aryl methyl sites for hydroxylation is 2. The van der Waals surface area contributed by atoms with Crippen LogP contribution in [-0.4, -0.2) is 11.7 Å². The van der Waals surface area contributed by atoms with Gasteiger partial charge in [0.05, 0.1) is 6.10 Å². The fourth-order valence-corrected chi connectivity index (χ4v) is 2.07. The molecule has 2 aromatic carbocycles. The lowest BCUT2D eigenvalue weighted by atomic mass is 10.0. The van der Waals surface area contributed by atoms with E-state index in [4.69, 9.17) is 0 Å². The summed E-state index contributed by atoms with van der Waals surface area (Å²) in [5.74, 6) is -0.237. The minimum atomic E-state index is -0.577. The predicted octanol–water partition coefficient (Wildman–Crippen LogP) is 3.98. The van der Waals surface area contributed by atoms with Gasteiger partial charge in [-0.25, -0.2) is 4.39 Å². The maximum Gasteiger partial charge on any atom is 0.126 e. The van der Waals surface area contributed by atoms with Crippen LogP contribution in [0.4, 0.5) is 10.1 Å². The highest BCUT2D eigenvalue weighted by atomic mass is 19.1. The third-order valence-corrected chi connectivity index (χ3v) is 3.37. The number of hydrogen-bond donors (Lipinski definition) is 2. The first kappa shape index (κ1) is 14.5. The third-order valence-electron chi connectivity index (χ3n) is 3.37. The first-order valence-electron chi connectivity index (χ1n) is 6.81. The first-order chi connectivity index (χ1) is 9.56. The van der Waals surface area contributed by atoms with Crippen molar-refractivity contribution in [2.24, 2.45) is 0 Å². The van der Waals surface area contributed by atoms with E-state index >= 15 is 0 Å². The van der Waals surface area contributed by atoms with Crippen LogP contribution >= 0.6 is 0 Å². The van der Waals surface area contributed by atoms with Crippen molar-refractivity contribution >= 4 is 5.69 Å². The highest BCUT2D eigenvalue weighted by molar-refractivity contribution is 5.44. The van der Waals surface area contributed by atoms with E-state index in [1.807, 2.05) is 31.2 Å². The minimum absolute atomic E-state index is 0.237. The van der Waals surface area contributed by atoms with Crippen LogP contribution in [-0.2, 0) is 0 Å². The van der Waals surface area contributed by atoms with E-state index in [0.717, 1.165) is 11.3 Å². The maximum absolute atomic E-state index is 13.2. The van der Waals surface area contributed by atoms with Gasteiger partial charge < -0.3 is 10.4 Å². The van der Waals surface area contributed by atoms with Crippen molar-refractivity contribution in [1.82, 2.24) is 0 Å². The topological polar surface area (TPSA) is 32.3 Å². The molecule has 0 radical (unpaired) electrons. The zero-order chi connectivity index (χ0) is 14.5. The van der Waals surface area contributed by atoms with Crippen LogP contribution in [0.25, 0.3) is 0 Å². The molecule has 0 aliphatic carbocycles. The summed E-state index contributed by atoms with van der Waals surface area (Å²) in [6, 6.07) is 12.9. The zero-order valence-electron chi connectivity index (χ0n) is 11.9. The van der Waals surface area contributed by atoms with Crippen LogP contribution in [0, 0.1) is 19.7 Å². The Morgan fingerprint density at radius 1 is 1.10 bits per heavy atom. The van der Waals surface area contributed by atoms with Gasteiger partial charge in [-0.05, 0) is 49.6 Å². The largest absolute Gasteiger partial charge is 0.388 e. The number of anilines is 1. The van der Waals surface area contributed by atoms with Crippen molar-refractivity contribution in [1.29, 1.82) is 0 Å². The van der Waals surface area contributed by atoms with Gasteiger partial charge in [-0.15, -0.1) is 0 Å². The molecule has 0 saturated carbocycles. The van der Waals surface area contributed by atoms with Crippen LogP contribution in [0.3, 0.4) is 0 Å². The molecule has 2 aromatic rings. The molecule has 0 amide bonds. The van der Waals surface area contributed by atoms with Crippen molar-refractivity contribution in [3.8, 4) is 0 Å². The second-order valence-corrected chi connectivity index (χ2v) is 5.11. The smallest absolute Gasteiger partial charge is 0.126 e. The van der Waals surface area contributed by atoms with Gasteiger partial charge in [0, 0.05) is 12.2 Å². The maximum atomic E-state index is 13.2. The number of nitrogens with one attached hydrogen (secondary N) is 1. The monoisotopic (exact) mass is 273 g/mol. The second-order valence-electron chi connectivity index (χ2n) is 5.11. The van der Waals surface area contributed by atoms with E-state index in [2.05, 4.69) is 5.32 Å². The molecule has 0 spiro atoms. The van der Waals surface area contributed by atoms with Crippen molar-refractivity contribution < 1.29 is 9.50 Å². The van der Waals surface area contributed by atoms with Gasteiger partial charge in [0.25, 0.3) is 0 Å². The van der Waals surface area contributed by atoms with Gasteiger partial charge >= 0.3 is 0 Å². The number of hydrogen-bond acceptors (Lipinski definition) is 2. The quantitative estimate of drug-likeness (QED) is 0.863. The fourth-order valence-electron chi connectivity index (χ4n) is 2.07. The van der Waals surface area contributed by atoms with Crippen molar-refractivity contribution in [2.45, 2.75) is 26.4 Å². The van der Waals surface area contributed by atoms with E-state index in [9.17, 15) is 9.50 Å². The Bertz CT molecular complexity index is 566. The average Bonchev–Trinajstić information content (AvgIpc) is 2.44. The van der Waals surface area contributed by atoms with Gasteiger partial charge in [0.2, 0.25) is 0 Å². The molecule has 0 heterocycles. The number of halogens is 1. The summed E-state index contributed by atoms with van der Waals surface area (Å²) in [7, 11) is 0. The Kier molecular flexibility index (Phi) is 4.74. The summed E-state index contributed by atoms with van der Waals surface area (Å²) in [6.45, 7) is 4.42. The van der Waals surface area contributed by atoms with Crippen LogP contribution in [0.5, 0.6) is 0 Å². The first-order valence-corrected chi connectivity index (χ1v) is 6.81. The molecule has 0 fully saturated rings. The Labute approximate surface area is 119 Å². The lowest BCUT2D eigenvalue weighted by Gasteiger charge is -2.13. The summed E-state index contributed by atoms with van der Waals surface area (Å²) < 4.78 is 13.2. The molecule has 3 heteroatoms. The highest BCUT2D eigenvalue weighted by Gasteiger charge is 2.09. The fraction of sp³-hybridized carbons (Fsp3) is 0.294. The Hall–Kier alpha value is -1.87. The molecule has 0 bridgehead atoms. The van der Waals surface area contributed by atoms with Gasteiger partial charge in [-0.3, -0.25) is 0 Å². The molecule has 106 valence electrons. The molecular formula is C17H20FNO. The standard InChI is InChI=1S/C17H20FNO/c1-12-3-6-15(7-4-12)19-10-9-17(20)14-5-8-16(18)13(2)11-14/h3-8,11,17,19-20H,9-10H2,1-2H3. The predicted molar refractivity (Wildman–Crippen MR) is 80.4 cm³/mol. The number of aliphatic hydroxyl groups excluding tert-OH is 1. The van der Waals surface area contributed by atoms with E-state index in [-0.39, 0.29) is 5.82 Å². The molecular weight excluding hydrogens is 253 g/mol. The highest BCUT2D eigenvalue weighted by Crippen LogP contribution is 2.19. The van der Waals surface area contributed by atoms with Crippen molar-refractivity contribution in [2.75, 3.05) is 11.9 Å². The molecule has 0 aliphatic rings. The number of benzene rings is 2. The number of rotatable bonds is 5. The van der Waals surface area contributed by atoms with Crippen LogP contribution < -0.4 is 5.32 Å². The summed E-state index contributed by atoms with van der Waals surface area (Å²) in [5, 5.41) is 13.4. The van der Waals surface area contributed by atoms with E-state index in [1.165, 1.54) is 11.6 Å². The molecule has 20 heavy (non-hydrogen) atoms. The molecule has 1 atom stereocenters. The molecule has 2 nitrogen and oxygen atoms in total. The Morgan fingerprint density at radius 3 is 2.45 bits per heavy atom. The summed E-state index contributed by atoms with van der Waals surface area (Å²) in [4.78, 5) is 0. The Balaban J connectivity index is 1.87. The van der Waals surface area contributed by atoms with E-state index in [0.29, 0.717) is 18.5 Å². The van der Waals surface area contributed by atoms with Gasteiger partial charge in [0.15, 0.2) is 0 Å². The third kappa shape index (κ3) is 3.81. The lowest BCUT2D eigenvalue weighted by Crippen LogP contribution is -2.08. The molecule has 1 unspecified atom stereocenters. The Morgan fingerprint density at radius 2 is 1.80 bits per heavy atom. The number of aliphatic hydroxyl groups is 1. The molecule has 2 N–H and O–H groups in total. The van der Waals surface area contributed by atoms with E-state index < -0.39 is 6.10 Å². The van der Waals surface area contributed by atoms with Crippen molar-refractivity contribution in [3.05, 3.63) is 65.0 Å². The molecule has 2 rings (SSSR count). The lowest BCUT2D eigenvalue weighted by molar-refractivity contribution is 0.171. The van der Waals surface area contributed by atoms with Crippen molar-refractivity contribution in [3.63, 3.8) is 0 Å². The van der Waals surface area contributed by atoms with Crippen LogP contribution in [0.1, 0.15) is 29.2 Å². The average molecular weight is 273 g/mol. The van der Waals surface area contributed by atoms with Crippen LogP contribution in [0.2, 0.25) is 0 Å². The summed E-state index contributed by atoms with van der Waals surface area (Å²) in [6.07, 6.45) is 0.00567. The van der Waals surface area contributed by atoms with Gasteiger partial charge in [0.1, 0.15) is 5.82 Å². The zero-order valence-corrected chi connectivity index (χ0v) is 11.9.